The third-order valence-corrected chi connectivity index (χ3v) is 6.58. The summed E-state index contributed by atoms with van der Waals surface area (Å²) >= 11 is 0. The molecule has 0 spiro atoms. The molecule has 0 aromatic rings. The Bertz CT molecular complexity index is 618. The van der Waals surface area contributed by atoms with E-state index < -0.39 is 18.2 Å². The second-order valence-electron chi connectivity index (χ2n) is 8.53. The van der Waals surface area contributed by atoms with Gasteiger partial charge in [-0.15, -0.1) is 0 Å². The summed E-state index contributed by atoms with van der Waals surface area (Å²) < 4.78 is 11.6. The van der Waals surface area contributed by atoms with E-state index in [1.165, 1.54) is 11.4 Å². The zero-order valence-electron chi connectivity index (χ0n) is 16.4. The average Bonchev–Trinajstić information content (AvgIpc) is 3.12. The van der Waals surface area contributed by atoms with Crippen molar-refractivity contribution in [1.82, 2.24) is 5.01 Å². The molecule has 7 nitrogen and oxygen atoms in total. The third-order valence-electron chi connectivity index (χ3n) is 6.58. The maximum absolute atomic E-state index is 12.3. The molecule has 146 valence electrons. The van der Waals surface area contributed by atoms with Crippen molar-refractivity contribution in [3.05, 3.63) is 0 Å². The number of nitrogens with zero attached hydrogens (tertiary/aromatic N) is 2. The highest BCUT2D eigenvalue weighted by molar-refractivity contribution is 6.01. The Morgan fingerprint density at radius 3 is 2.65 bits per heavy atom. The van der Waals surface area contributed by atoms with Crippen LogP contribution in [0.4, 0.5) is 4.79 Å². The molecular formula is C19H31N3O4. The lowest BCUT2D eigenvalue weighted by Crippen LogP contribution is -2.51. The van der Waals surface area contributed by atoms with Crippen LogP contribution >= 0.6 is 0 Å². The summed E-state index contributed by atoms with van der Waals surface area (Å²) in [6.45, 7) is 10.6. The van der Waals surface area contributed by atoms with Gasteiger partial charge in [-0.3, -0.25) is 4.79 Å². The minimum atomic E-state index is -0.660. The van der Waals surface area contributed by atoms with Gasteiger partial charge in [-0.25, -0.2) is 4.79 Å². The average molecular weight is 365 g/mol. The van der Waals surface area contributed by atoms with Crippen molar-refractivity contribution in [1.29, 1.82) is 0 Å². The predicted molar refractivity (Wildman–Crippen MR) is 97.1 cm³/mol. The fraction of sp³-hybridized carbons (Fsp3) is 0.842. The number of esters is 1. The van der Waals surface area contributed by atoms with Gasteiger partial charge in [-0.05, 0) is 49.9 Å². The van der Waals surface area contributed by atoms with Crippen molar-refractivity contribution >= 4 is 17.7 Å². The summed E-state index contributed by atoms with van der Waals surface area (Å²) in [4.78, 5) is 24.2. The van der Waals surface area contributed by atoms with Gasteiger partial charge in [0.15, 0.2) is 6.23 Å². The lowest BCUT2D eigenvalue weighted by Gasteiger charge is -2.38. The topological polar surface area (TPSA) is 94.2 Å². The maximum atomic E-state index is 12.3. The van der Waals surface area contributed by atoms with Crippen LogP contribution in [0, 0.1) is 29.1 Å². The standard InChI is InChI=1S/C19H31N3O4/c1-6-25-17(23)12-9-14(22(18(20)24)21-11(12)3)26-16-10(2)7-8-13-15(16)19(13,4)5/h10,12-16H,6-9H2,1-5H3,(H2,20,24)/t10-,12+,13+,14+,15+,16+/m0/s1. The van der Waals surface area contributed by atoms with E-state index in [9.17, 15) is 9.59 Å². The predicted octanol–water partition coefficient (Wildman–Crippen LogP) is 2.74. The third kappa shape index (κ3) is 3.21. The molecule has 0 saturated heterocycles. The van der Waals surface area contributed by atoms with Gasteiger partial charge in [0, 0.05) is 6.42 Å². The van der Waals surface area contributed by atoms with E-state index in [-0.39, 0.29) is 17.5 Å². The summed E-state index contributed by atoms with van der Waals surface area (Å²) in [7, 11) is 0. The van der Waals surface area contributed by atoms with Crippen molar-refractivity contribution < 1.29 is 19.1 Å². The van der Waals surface area contributed by atoms with E-state index in [1.807, 2.05) is 0 Å². The monoisotopic (exact) mass is 365 g/mol. The molecule has 2 saturated carbocycles. The van der Waals surface area contributed by atoms with E-state index in [2.05, 4.69) is 25.9 Å². The number of rotatable bonds is 4. The van der Waals surface area contributed by atoms with Crippen molar-refractivity contribution in [2.45, 2.75) is 66.2 Å². The number of urea groups is 1. The Labute approximate surface area is 155 Å². The molecule has 26 heavy (non-hydrogen) atoms. The fourth-order valence-corrected chi connectivity index (χ4v) is 4.94. The minimum Gasteiger partial charge on any atom is -0.465 e. The van der Waals surface area contributed by atoms with E-state index in [1.54, 1.807) is 13.8 Å². The van der Waals surface area contributed by atoms with Crippen LogP contribution in [0.5, 0.6) is 0 Å². The van der Waals surface area contributed by atoms with E-state index in [4.69, 9.17) is 15.2 Å². The normalized spacial score (nSPS) is 38.2. The van der Waals surface area contributed by atoms with E-state index in [0.717, 1.165) is 6.42 Å². The van der Waals surface area contributed by atoms with Gasteiger partial charge in [0.1, 0.15) is 5.92 Å². The van der Waals surface area contributed by atoms with Crippen molar-refractivity contribution in [2.75, 3.05) is 6.61 Å². The van der Waals surface area contributed by atoms with Gasteiger partial charge in [0.05, 0.1) is 18.4 Å². The SMILES string of the molecule is CCOC(=O)[C@@H]1C[C@@H](O[C@H]2[C@H]3[C@@H](CC[C@@H]2C)C3(C)C)N(C(N)=O)N=C1C. The first-order chi connectivity index (χ1) is 12.2. The molecule has 1 aliphatic heterocycles. The number of hydrazone groups is 1. The summed E-state index contributed by atoms with van der Waals surface area (Å²) in [5.41, 5.74) is 6.32. The van der Waals surface area contributed by atoms with Gasteiger partial charge in [-0.1, -0.05) is 20.8 Å². The molecule has 2 aliphatic carbocycles. The molecule has 6 atom stereocenters. The largest absolute Gasteiger partial charge is 0.465 e. The molecule has 3 rings (SSSR count). The lowest BCUT2D eigenvalue weighted by atomic mass is 9.87. The van der Waals surface area contributed by atoms with Gasteiger partial charge in [0.2, 0.25) is 0 Å². The molecule has 2 amide bonds. The first kappa shape index (κ1) is 19.1. The number of nitrogens with two attached hydrogens (primary N) is 1. The molecular weight excluding hydrogens is 334 g/mol. The van der Waals surface area contributed by atoms with Crippen LogP contribution in [0.15, 0.2) is 5.10 Å². The number of ether oxygens (including phenoxy) is 2. The molecule has 7 heteroatoms. The number of hydrogen-bond acceptors (Lipinski definition) is 5. The molecule has 0 radical (unpaired) electrons. The molecule has 2 fully saturated rings. The van der Waals surface area contributed by atoms with Crippen molar-refractivity contribution in [3.63, 3.8) is 0 Å². The Balaban J connectivity index is 1.80. The zero-order valence-corrected chi connectivity index (χ0v) is 16.4. The molecule has 1 heterocycles. The van der Waals surface area contributed by atoms with Crippen LogP contribution < -0.4 is 5.73 Å². The Kier molecular flexibility index (Phi) is 5.03. The van der Waals surface area contributed by atoms with Gasteiger partial charge in [-0.2, -0.15) is 10.1 Å². The Morgan fingerprint density at radius 2 is 2.04 bits per heavy atom. The summed E-state index contributed by atoms with van der Waals surface area (Å²) in [5, 5.41) is 5.45. The van der Waals surface area contributed by atoms with Gasteiger partial charge < -0.3 is 15.2 Å². The van der Waals surface area contributed by atoms with Crippen LogP contribution in [-0.2, 0) is 14.3 Å². The highest BCUT2D eigenvalue weighted by atomic mass is 16.5. The fourth-order valence-electron chi connectivity index (χ4n) is 4.94. The Morgan fingerprint density at radius 1 is 1.35 bits per heavy atom. The number of amides is 2. The molecule has 0 unspecified atom stereocenters. The van der Waals surface area contributed by atoms with Crippen molar-refractivity contribution in [2.24, 2.45) is 39.9 Å². The van der Waals surface area contributed by atoms with Gasteiger partial charge >= 0.3 is 12.0 Å². The molecule has 2 N–H and O–H groups in total. The van der Waals surface area contributed by atoms with Gasteiger partial charge in [0.25, 0.3) is 0 Å². The highest BCUT2D eigenvalue weighted by Gasteiger charge is 2.64. The van der Waals surface area contributed by atoms with Crippen LogP contribution in [-0.4, -0.2) is 41.7 Å². The van der Waals surface area contributed by atoms with Crippen LogP contribution in [0.25, 0.3) is 0 Å². The number of primary amides is 1. The van der Waals surface area contributed by atoms with Crippen LogP contribution in [0.3, 0.4) is 0 Å². The number of fused-ring (bicyclic) bond motifs is 1. The zero-order chi connectivity index (χ0) is 19.2. The Hall–Kier alpha value is -1.63. The van der Waals surface area contributed by atoms with E-state index in [0.29, 0.717) is 36.5 Å². The number of hydrogen-bond donors (Lipinski definition) is 1. The van der Waals surface area contributed by atoms with Crippen LogP contribution in [0.1, 0.15) is 53.9 Å². The second-order valence-corrected chi connectivity index (χ2v) is 8.53. The highest BCUT2D eigenvalue weighted by Crippen LogP contribution is 2.66. The first-order valence-corrected chi connectivity index (χ1v) is 9.64. The quantitative estimate of drug-likeness (QED) is 0.775. The summed E-state index contributed by atoms with van der Waals surface area (Å²) in [5.74, 6) is 0.723. The molecule has 0 aromatic heterocycles. The maximum Gasteiger partial charge on any atom is 0.337 e. The van der Waals surface area contributed by atoms with Crippen molar-refractivity contribution in [3.8, 4) is 0 Å². The first-order valence-electron chi connectivity index (χ1n) is 9.64. The summed E-state index contributed by atoms with van der Waals surface area (Å²) in [6.07, 6.45) is 2.09. The minimum absolute atomic E-state index is 0.0482. The van der Waals surface area contributed by atoms with Crippen LogP contribution in [0.2, 0.25) is 0 Å². The smallest absolute Gasteiger partial charge is 0.337 e. The molecule has 0 bridgehead atoms. The second kappa shape index (κ2) is 6.83. The van der Waals surface area contributed by atoms with E-state index >= 15 is 0 Å². The lowest BCUT2D eigenvalue weighted by molar-refractivity contribution is -0.154. The molecule has 3 aliphatic rings. The number of carbonyl (C=O) groups is 2. The number of carbonyl (C=O) groups excluding carboxylic acids is 2. The summed E-state index contributed by atoms with van der Waals surface area (Å²) in [6, 6.07) is -0.660. The molecule has 0 aromatic carbocycles.